The molecule has 2 aromatic rings. The minimum absolute atomic E-state index is 0.490. The summed E-state index contributed by atoms with van der Waals surface area (Å²) < 4.78 is 0. The molecule has 3 rings (SSSR count). The van der Waals surface area contributed by atoms with E-state index in [4.69, 9.17) is 6.57 Å². The van der Waals surface area contributed by atoms with Gasteiger partial charge in [0.05, 0.1) is 12.1 Å². The third-order valence-corrected chi connectivity index (χ3v) is 5.80. The fourth-order valence-electron chi connectivity index (χ4n) is 3.35. The Hall–Kier alpha value is -2.54. The zero-order chi connectivity index (χ0) is 19.4. The number of pyridine rings is 1. The van der Waals surface area contributed by atoms with Crippen molar-refractivity contribution < 1.29 is 0 Å². The van der Waals surface area contributed by atoms with E-state index < -0.39 is 0 Å². The Morgan fingerprint density at radius 3 is 2.85 bits per heavy atom. The quantitative estimate of drug-likeness (QED) is 0.629. The number of nitriles is 1. The second-order valence-electron chi connectivity index (χ2n) is 6.73. The van der Waals surface area contributed by atoms with Gasteiger partial charge < -0.3 is 10.2 Å². The normalized spacial score (nSPS) is 12.8. The highest BCUT2D eigenvalue weighted by Gasteiger charge is 2.20. The monoisotopic (exact) mass is 377 g/mol. The number of nitrogens with one attached hydrogen (secondary N) is 1. The Kier molecular flexibility index (Phi) is 6.01. The molecule has 2 heterocycles. The second-order valence-corrected chi connectivity index (χ2v) is 7.70. The van der Waals surface area contributed by atoms with Crippen LogP contribution in [0.4, 0.5) is 11.5 Å². The molecule has 5 nitrogen and oxygen atoms in total. The highest BCUT2D eigenvalue weighted by atomic mass is 32.2. The predicted molar refractivity (Wildman–Crippen MR) is 110 cm³/mol. The summed E-state index contributed by atoms with van der Waals surface area (Å²) in [6.07, 6.45) is 1.70. The van der Waals surface area contributed by atoms with E-state index in [1.54, 1.807) is 11.8 Å². The summed E-state index contributed by atoms with van der Waals surface area (Å²) in [7, 11) is 3.77. The smallest absolute Gasteiger partial charge is 0.232 e. The number of thioether (sulfide) groups is 1. The maximum Gasteiger partial charge on any atom is 0.232 e. The Balaban J connectivity index is 1.94. The maximum atomic E-state index is 9.71. The molecule has 0 unspecified atom stereocenters. The summed E-state index contributed by atoms with van der Waals surface area (Å²) in [4.78, 5) is 10.2. The number of hydrogen-bond acceptors (Lipinski definition) is 5. The van der Waals surface area contributed by atoms with Gasteiger partial charge in [0.25, 0.3) is 0 Å². The number of anilines is 1. The van der Waals surface area contributed by atoms with Gasteiger partial charge in [-0.3, -0.25) is 0 Å². The van der Waals surface area contributed by atoms with Crippen molar-refractivity contribution in [3.63, 3.8) is 0 Å². The largest absolute Gasteiger partial charge is 0.371 e. The van der Waals surface area contributed by atoms with E-state index in [1.807, 2.05) is 25.9 Å². The first-order valence-corrected chi connectivity index (χ1v) is 10.0. The summed E-state index contributed by atoms with van der Waals surface area (Å²) in [6, 6.07) is 8.92. The summed E-state index contributed by atoms with van der Waals surface area (Å²) in [5.41, 5.74) is 5.85. The first-order valence-electron chi connectivity index (χ1n) is 9.05. The average molecular weight is 378 g/mol. The van der Waals surface area contributed by atoms with Crippen LogP contribution >= 0.6 is 11.8 Å². The first-order chi connectivity index (χ1) is 13.1. The molecule has 0 fully saturated rings. The van der Waals surface area contributed by atoms with E-state index in [2.05, 4.69) is 39.4 Å². The summed E-state index contributed by atoms with van der Waals surface area (Å²) in [6.45, 7) is 11.5. The Bertz CT molecular complexity index is 937. The van der Waals surface area contributed by atoms with Gasteiger partial charge in [0, 0.05) is 26.4 Å². The van der Waals surface area contributed by atoms with Gasteiger partial charge in [0.1, 0.15) is 16.9 Å². The van der Waals surface area contributed by atoms with E-state index in [0.717, 1.165) is 30.8 Å². The SMILES string of the molecule is [C-]#[N+]c1c(N(C)C)nc(SCc2ccc3c(c2)CCNC3)c(C#N)c1CC. The van der Waals surface area contributed by atoms with Crippen LogP contribution in [0.15, 0.2) is 23.2 Å². The molecule has 0 saturated heterocycles. The standard InChI is InChI=1S/C21H23N5S/c1-5-17-18(11-22)21(25-20(26(3)4)19(17)23-2)27-13-14-6-7-16-12-24-9-8-15(16)10-14/h6-7,10,24H,5,8-9,12-13H2,1,3-4H3. The van der Waals surface area contributed by atoms with Crippen molar-refractivity contribution in [3.05, 3.63) is 57.4 Å². The van der Waals surface area contributed by atoms with Crippen molar-refractivity contribution >= 4 is 23.3 Å². The van der Waals surface area contributed by atoms with Crippen LogP contribution < -0.4 is 10.2 Å². The zero-order valence-corrected chi connectivity index (χ0v) is 16.8. The molecule has 0 saturated carbocycles. The van der Waals surface area contributed by atoms with Gasteiger partial charge in [0.15, 0.2) is 0 Å². The number of aromatic nitrogens is 1. The Morgan fingerprint density at radius 1 is 1.37 bits per heavy atom. The van der Waals surface area contributed by atoms with Gasteiger partial charge in [-0.2, -0.15) is 5.26 Å². The molecule has 27 heavy (non-hydrogen) atoms. The van der Waals surface area contributed by atoms with E-state index in [1.165, 1.54) is 16.7 Å². The van der Waals surface area contributed by atoms with Crippen LogP contribution in [0.2, 0.25) is 0 Å². The van der Waals surface area contributed by atoms with Gasteiger partial charge in [0.2, 0.25) is 5.69 Å². The van der Waals surface area contributed by atoms with E-state index in [0.29, 0.717) is 28.5 Å². The molecular weight excluding hydrogens is 354 g/mol. The number of hydrogen-bond donors (Lipinski definition) is 1. The molecule has 0 aliphatic carbocycles. The van der Waals surface area contributed by atoms with Crippen molar-refractivity contribution in [1.29, 1.82) is 5.26 Å². The Morgan fingerprint density at radius 2 is 2.19 bits per heavy atom. The molecule has 0 radical (unpaired) electrons. The van der Waals surface area contributed by atoms with Gasteiger partial charge in [-0.25, -0.2) is 9.83 Å². The third kappa shape index (κ3) is 3.93. The van der Waals surface area contributed by atoms with Crippen molar-refractivity contribution in [2.24, 2.45) is 0 Å². The van der Waals surface area contributed by atoms with Gasteiger partial charge in [-0.1, -0.05) is 25.1 Å². The summed E-state index contributed by atoms with van der Waals surface area (Å²) in [5.74, 6) is 1.40. The van der Waals surface area contributed by atoms with E-state index in [9.17, 15) is 5.26 Å². The van der Waals surface area contributed by atoms with Crippen molar-refractivity contribution in [3.8, 4) is 6.07 Å². The zero-order valence-electron chi connectivity index (χ0n) is 16.0. The van der Waals surface area contributed by atoms with Crippen LogP contribution in [0.1, 0.15) is 34.7 Å². The van der Waals surface area contributed by atoms with Crippen LogP contribution in [-0.4, -0.2) is 25.6 Å². The molecule has 0 amide bonds. The molecule has 1 aliphatic rings. The van der Waals surface area contributed by atoms with Crippen molar-refractivity contribution in [1.82, 2.24) is 10.3 Å². The molecule has 0 atom stereocenters. The second kappa shape index (κ2) is 8.43. The fourth-order valence-corrected chi connectivity index (χ4v) is 4.30. The highest BCUT2D eigenvalue weighted by Crippen LogP contribution is 2.38. The van der Waals surface area contributed by atoms with Gasteiger partial charge >= 0.3 is 0 Å². The molecule has 1 aromatic carbocycles. The molecule has 1 aromatic heterocycles. The predicted octanol–water partition coefficient (Wildman–Crippen LogP) is 4.07. The number of rotatable bonds is 5. The first kappa shape index (κ1) is 19.2. The maximum absolute atomic E-state index is 9.71. The minimum Gasteiger partial charge on any atom is -0.371 e. The molecule has 1 N–H and O–H groups in total. The lowest BCUT2D eigenvalue weighted by atomic mass is 9.99. The summed E-state index contributed by atoms with van der Waals surface area (Å²) >= 11 is 1.58. The van der Waals surface area contributed by atoms with Crippen molar-refractivity contribution in [2.45, 2.75) is 37.1 Å². The van der Waals surface area contributed by atoms with Crippen LogP contribution in [0, 0.1) is 17.9 Å². The average Bonchev–Trinajstić information content (AvgIpc) is 2.70. The molecule has 138 valence electrons. The molecule has 0 spiro atoms. The van der Waals surface area contributed by atoms with Gasteiger partial charge in [-0.05, 0) is 41.6 Å². The number of benzene rings is 1. The topological polar surface area (TPSA) is 56.3 Å². The van der Waals surface area contributed by atoms with Crippen LogP contribution in [0.3, 0.4) is 0 Å². The lowest BCUT2D eigenvalue weighted by Gasteiger charge is -2.19. The van der Waals surface area contributed by atoms with Crippen molar-refractivity contribution in [2.75, 3.05) is 25.5 Å². The lowest BCUT2D eigenvalue weighted by Crippen LogP contribution is -2.23. The molecule has 1 aliphatic heterocycles. The van der Waals surface area contributed by atoms with Gasteiger partial charge in [-0.15, -0.1) is 11.8 Å². The molecule has 6 heteroatoms. The third-order valence-electron chi connectivity index (χ3n) is 4.75. The molecular formula is C21H23N5S. The van der Waals surface area contributed by atoms with Crippen LogP contribution in [0.25, 0.3) is 4.85 Å². The fraction of sp³-hybridized carbons (Fsp3) is 0.381. The van der Waals surface area contributed by atoms with E-state index >= 15 is 0 Å². The van der Waals surface area contributed by atoms with Crippen LogP contribution in [0.5, 0.6) is 0 Å². The van der Waals surface area contributed by atoms with Crippen LogP contribution in [-0.2, 0) is 25.1 Å². The number of nitrogens with zero attached hydrogens (tertiary/aromatic N) is 4. The van der Waals surface area contributed by atoms with E-state index in [-0.39, 0.29) is 0 Å². The Labute approximate surface area is 165 Å². The molecule has 0 bridgehead atoms. The summed E-state index contributed by atoms with van der Waals surface area (Å²) in [5, 5.41) is 13.8. The minimum atomic E-state index is 0.490. The highest BCUT2D eigenvalue weighted by molar-refractivity contribution is 7.98. The number of fused-ring (bicyclic) bond motifs is 1. The lowest BCUT2D eigenvalue weighted by molar-refractivity contribution is 0.643.